The summed E-state index contributed by atoms with van der Waals surface area (Å²) in [5, 5.41) is 0. The maximum absolute atomic E-state index is 11.9. The molecule has 0 unspecified atom stereocenters. The lowest BCUT2D eigenvalue weighted by Gasteiger charge is -2.24. The number of fused-ring (bicyclic) bond motifs is 1. The largest absolute Gasteiger partial charge is 0.399 e. The Labute approximate surface area is 119 Å². The summed E-state index contributed by atoms with van der Waals surface area (Å²) >= 11 is 0. The van der Waals surface area contributed by atoms with Gasteiger partial charge in [-0.15, -0.1) is 0 Å². The normalized spacial score (nSPS) is 13.0. The maximum Gasteiger partial charge on any atom is 0.154 e. The molecule has 0 aliphatic rings. The molecule has 0 atom stereocenters. The summed E-state index contributed by atoms with van der Waals surface area (Å²) in [6.45, 7) is 5.87. The van der Waals surface area contributed by atoms with Gasteiger partial charge in [-0.25, -0.2) is 13.4 Å². The lowest BCUT2D eigenvalue weighted by molar-refractivity contribution is 0.500. The molecule has 0 fully saturated rings. The number of hydrogen-bond acceptors (Lipinski definition) is 4. The molecule has 0 saturated heterocycles. The summed E-state index contributed by atoms with van der Waals surface area (Å²) in [5.41, 5.74) is 8.17. The van der Waals surface area contributed by atoms with E-state index < -0.39 is 14.6 Å². The smallest absolute Gasteiger partial charge is 0.154 e. The first kappa shape index (κ1) is 14.8. The average molecular weight is 295 g/mol. The fraction of sp³-hybridized carbons (Fsp3) is 0.500. The van der Waals surface area contributed by atoms with Gasteiger partial charge >= 0.3 is 0 Å². The number of aryl methyl sites for hydroxylation is 1. The monoisotopic (exact) mass is 295 g/mol. The number of nitrogen functional groups attached to an aromatic ring is 1. The number of imidazole rings is 1. The van der Waals surface area contributed by atoms with E-state index in [9.17, 15) is 8.42 Å². The van der Waals surface area contributed by atoms with Crippen LogP contribution < -0.4 is 5.73 Å². The third kappa shape index (κ3) is 2.52. The fourth-order valence-corrected chi connectivity index (χ4v) is 2.50. The lowest BCUT2D eigenvalue weighted by atomic mass is 10.2. The van der Waals surface area contributed by atoms with E-state index in [0.29, 0.717) is 12.2 Å². The fourth-order valence-electron chi connectivity index (χ4n) is 2.14. The van der Waals surface area contributed by atoms with Gasteiger partial charge in [0.05, 0.1) is 15.8 Å². The van der Waals surface area contributed by atoms with Crippen molar-refractivity contribution < 1.29 is 8.42 Å². The summed E-state index contributed by atoms with van der Waals surface area (Å²) in [4.78, 5) is 4.55. The molecule has 0 saturated carbocycles. The second kappa shape index (κ2) is 4.77. The van der Waals surface area contributed by atoms with Gasteiger partial charge in [0.25, 0.3) is 0 Å². The molecule has 5 nitrogen and oxygen atoms in total. The molecule has 0 radical (unpaired) electrons. The Morgan fingerprint density at radius 3 is 2.55 bits per heavy atom. The highest BCUT2D eigenvalue weighted by Gasteiger charge is 2.31. The van der Waals surface area contributed by atoms with Crippen molar-refractivity contribution in [3.63, 3.8) is 0 Å². The van der Waals surface area contributed by atoms with Crippen molar-refractivity contribution in [3.8, 4) is 0 Å². The molecule has 1 aromatic carbocycles. The number of sulfone groups is 1. The standard InChI is InChI=1S/C14H21N3O2S/c1-5-13-16-11-8-10(15)6-7-12(11)17(13)9-14(2,3)20(4,18)19/h6-8H,5,9,15H2,1-4H3. The predicted molar refractivity (Wildman–Crippen MR) is 82.4 cm³/mol. The molecule has 0 spiro atoms. The van der Waals surface area contributed by atoms with Gasteiger partial charge in [0, 0.05) is 24.9 Å². The third-order valence-electron chi connectivity index (χ3n) is 3.71. The van der Waals surface area contributed by atoms with E-state index in [-0.39, 0.29) is 0 Å². The molecule has 0 amide bonds. The summed E-state index contributed by atoms with van der Waals surface area (Å²) in [6.07, 6.45) is 2.02. The zero-order valence-corrected chi connectivity index (χ0v) is 13.2. The summed E-state index contributed by atoms with van der Waals surface area (Å²) in [6, 6.07) is 5.53. The molecule has 0 aliphatic heterocycles. The third-order valence-corrected chi connectivity index (χ3v) is 5.85. The minimum absolute atomic E-state index is 0.384. The van der Waals surface area contributed by atoms with Crippen molar-refractivity contribution in [2.75, 3.05) is 12.0 Å². The maximum atomic E-state index is 11.9. The van der Waals surface area contributed by atoms with Crippen molar-refractivity contribution in [2.45, 2.75) is 38.5 Å². The number of anilines is 1. The van der Waals surface area contributed by atoms with E-state index in [1.54, 1.807) is 13.8 Å². The predicted octanol–water partition coefficient (Wildman–Crippen LogP) is 2.00. The quantitative estimate of drug-likeness (QED) is 0.875. The van der Waals surface area contributed by atoms with Crippen LogP contribution in [0, 0.1) is 0 Å². The Balaban J connectivity index is 2.59. The van der Waals surface area contributed by atoms with Crippen molar-refractivity contribution in [1.82, 2.24) is 9.55 Å². The van der Waals surface area contributed by atoms with Crippen LogP contribution in [-0.2, 0) is 22.8 Å². The molecule has 20 heavy (non-hydrogen) atoms. The number of hydrogen-bond donors (Lipinski definition) is 1. The minimum Gasteiger partial charge on any atom is -0.399 e. The van der Waals surface area contributed by atoms with Crippen LogP contribution in [0.15, 0.2) is 18.2 Å². The SMILES string of the molecule is CCc1nc2cc(N)ccc2n1CC(C)(C)S(C)(=O)=O. The van der Waals surface area contributed by atoms with Gasteiger partial charge < -0.3 is 10.3 Å². The average Bonchev–Trinajstić information content (AvgIpc) is 2.64. The second-order valence-electron chi connectivity index (χ2n) is 5.75. The molecule has 6 heteroatoms. The molecule has 2 N–H and O–H groups in total. The Bertz CT molecular complexity index is 745. The van der Waals surface area contributed by atoms with Crippen LogP contribution in [-0.4, -0.2) is 29.0 Å². The van der Waals surface area contributed by atoms with E-state index in [2.05, 4.69) is 4.98 Å². The molecular formula is C14H21N3O2S. The van der Waals surface area contributed by atoms with E-state index in [1.165, 1.54) is 6.26 Å². The number of aromatic nitrogens is 2. The van der Waals surface area contributed by atoms with Crippen LogP contribution in [0.1, 0.15) is 26.6 Å². The van der Waals surface area contributed by atoms with Gasteiger partial charge in [-0.3, -0.25) is 0 Å². The highest BCUT2D eigenvalue weighted by Crippen LogP contribution is 2.25. The van der Waals surface area contributed by atoms with Crippen molar-refractivity contribution >= 4 is 26.6 Å². The van der Waals surface area contributed by atoms with Crippen LogP contribution >= 0.6 is 0 Å². The van der Waals surface area contributed by atoms with Crippen molar-refractivity contribution in [2.24, 2.45) is 0 Å². The van der Waals surface area contributed by atoms with Crippen molar-refractivity contribution in [3.05, 3.63) is 24.0 Å². The van der Waals surface area contributed by atoms with Gasteiger partial charge in [-0.2, -0.15) is 0 Å². The van der Waals surface area contributed by atoms with Gasteiger partial charge in [0.2, 0.25) is 0 Å². The van der Waals surface area contributed by atoms with E-state index in [1.807, 2.05) is 29.7 Å². The molecule has 2 rings (SSSR count). The first-order valence-electron chi connectivity index (χ1n) is 6.60. The Kier molecular flexibility index (Phi) is 3.54. The summed E-state index contributed by atoms with van der Waals surface area (Å²) < 4.78 is 25.0. The summed E-state index contributed by atoms with van der Waals surface area (Å²) in [5.74, 6) is 0.877. The number of nitrogens with two attached hydrogens (primary N) is 1. The van der Waals surface area contributed by atoms with Crippen LogP contribution in [0.3, 0.4) is 0 Å². The molecule has 110 valence electrons. The van der Waals surface area contributed by atoms with Crippen LogP contribution in [0.4, 0.5) is 5.69 Å². The molecule has 0 aliphatic carbocycles. The van der Waals surface area contributed by atoms with Gasteiger partial charge in [0.1, 0.15) is 5.82 Å². The zero-order valence-electron chi connectivity index (χ0n) is 12.3. The van der Waals surface area contributed by atoms with Gasteiger partial charge in [0.15, 0.2) is 9.84 Å². The van der Waals surface area contributed by atoms with Crippen LogP contribution in [0.5, 0.6) is 0 Å². The number of rotatable bonds is 4. The highest BCUT2D eigenvalue weighted by atomic mass is 32.2. The van der Waals surface area contributed by atoms with Crippen LogP contribution in [0.25, 0.3) is 11.0 Å². The van der Waals surface area contributed by atoms with Gasteiger partial charge in [-0.05, 0) is 32.0 Å². The highest BCUT2D eigenvalue weighted by molar-refractivity contribution is 7.92. The molecule has 2 aromatic rings. The minimum atomic E-state index is -3.15. The van der Waals surface area contributed by atoms with E-state index in [0.717, 1.165) is 23.3 Å². The van der Waals surface area contributed by atoms with Gasteiger partial charge in [-0.1, -0.05) is 6.92 Å². The Morgan fingerprint density at radius 2 is 2.00 bits per heavy atom. The first-order valence-corrected chi connectivity index (χ1v) is 8.49. The number of nitrogens with zero attached hydrogens (tertiary/aromatic N) is 2. The van der Waals surface area contributed by atoms with E-state index in [4.69, 9.17) is 5.73 Å². The zero-order chi connectivity index (χ0) is 15.1. The number of benzene rings is 1. The molecule has 1 aromatic heterocycles. The topological polar surface area (TPSA) is 78.0 Å². The molecule has 1 heterocycles. The van der Waals surface area contributed by atoms with E-state index >= 15 is 0 Å². The Hall–Kier alpha value is -1.56. The molecular weight excluding hydrogens is 274 g/mol. The summed E-state index contributed by atoms with van der Waals surface area (Å²) in [7, 11) is -3.15. The Morgan fingerprint density at radius 1 is 1.35 bits per heavy atom. The van der Waals surface area contributed by atoms with Crippen LogP contribution in [0.2, 0.25) is 0 Å². The lowest BCUT2D eigenvalue weighted by Crippen LogP contribution is -2.36. The van der Waals surface area contributed by atoms with Crippen molar-refractivity contribution in [1.29, 1.82) is 0 Å². The first-order chi connectivity index (χ1) is 9.15. The second-order valence-corrected chi connectivity index (χ2v) is 8.40. The molecule has 0 bridgehead atoms.